The molecule has 4 rings (SSSR count). The van der Waals surface area contributed by atoms with E-state index in [1.54, 1.807) is 24.3 Å². The third-order valence-electron chi connectivity index (χ3n) is 5.76. The first kappa shape index (κ1) is 20.7. The first-order valence-corrected chi connectivity index (χ1v) is 10.6. The van der Waals surface area contributed by atoms with Gasteiger partial charge in [0.25, 0.3) is 11.8 Å². The van der Waals surface area contributed by atoms with Crippen molar-refractivity contribution in [1.82, 2.24) is 5.32 Å². The van der Waals surface area contributed by atoms with Gasteiger partial charge in [0.05, 0.1) is 6.04 Å². The Kier molecular flexibility index (Phi) is 6.32. The van der Waals surface area contributed by atoms with Crippen LogP contribution in [0.1, 0.15) is 51.8 Å². The highest BCUT2D eigenvalue weighted by atomic mass is 16.5. The van der Waals surface area contributed by atoms with Crippen LogP contribution in [0.3, 0.4) is 0 Å². The van der Waals surface area contributed by atoms with Crippen LogP contribution in [0.4, 0.5) is 0 Å². The summed E-state index contributed by atoms with van der Waals surface area (Å²) in [6, 6.07) is 25.3. The molecule has 2 unspecified atom stereocenters. The quantitative estimate of drug-likeness (QED) is 0.610. The Morgan fingerprint density at radius 2 is 1.68 bits per heavy atom. The Hall–Kier alpha value is -3.60. The number of hydrogen-bond acceptors (Lipinski definition) is 3. The van der Waals surface area contributed by atoms with Crippen molar-refractivity contribution >= 4 is 11.8 Å². The maximum Gasteiger partial charge on any atom is 0.255 e. The van der Waals surface area contributed by atoms with Crippen LogP contribution in [0.5, 0.6) is 5.75 Å². The lowest BCUT2D eigenvalue weighted by molar-refractivity contribution is -0.119. The molecule has 0 bridgehead atoms. The van der Waals surface area contributed by atoms with Crippen LogP contribution in [-0.2, 0) is 11.2 Å². The van der Waals surface area contributed by atoms with Crippen LogP contribution in [0.2, 0.25) is 0 Å². The van der Waals surface area contributed by atoms with Crippen molar-refractivity contribution in [3.05, 3.63) is 101 Å². The second-order valence-electron chi connectivity index (χ2n) is 7.84. The summed E-state index contributed by atoms with van der Waals surface area (Å²) in [6.07, 6.45) is 3.21. The van der Waals surface area contributed by atoms with Gasteiger partial charge in [-0.25, -0.2) is 0 Å². The van der Waals surface area contributed by atoms with Crippen molar-refractivity contribution in [2.45, 2.75) is 31.2 Å². The average Bonchev–Trinajstić information content (AvgIpc) is 2.81. The molecule has 0 saturated carbocycles. The number of carbonyl (C=O) groups is 2. The Labute approximate surface area is 182 Å². The number of aryl methyl sites for hydroxylation is 1. The van der Waals surface area contributed by atoms with Gasteiger partial charge in [0.2, 0.25) is 0 Å². The summed E-state index contributed by atoms with van der Waals surface area (Å²) in [6.45, 7) is -0.192. The number of carbonyl (C=O) groups excluding carboxylic acids is 2. The van der Waals surface area contributed by atoms with Gasteiger partial charge in [0, 0.05) is 11.5 Å². The summed E-state index contributed by atoms with van der Waals surface area (Å²) in [5.41, 5.74) is 9.42. The van der Waals surface area contributed by atoms with Crippen molar-refractivity contribution in [2.24, 2.45) is 5.73 Å². The van der Waals surface area contributed by atoms with Crippen molar-refractivity contribution in [3.63, 3.8) is 0 Å². The third-order valence-corrected chi connectivity index (χ3v) is 5.76. The highest BCUT2D eigenvalue weighted by Crippen LogP contribution is 2.40. The second-order valence-corrected chi connectivity index (χ2v) is 7.84. The van der Waals surface area contributed by atoms with Gasteiger partial charge >= 0.3 is 0 Å². The van der Waals surface area contributed by atoms with E-state index in [-0.39, 0.29) is 24.5 Å². The number of rotatable bonds is 7. The summed E-state index contributed by atoms with van der Waals surface area (Å²) in [5.74, 6) is 0.0317. The molecule has 2 atom stereocenters. The summed E-state index contributed by atoms with van der Waals surface area (Å²) in [5, 5.41) is 3.28. The van der Waals surface area contributed by atoms with E-state index in [4.69, 9.17) is 10.5 Å². The number of ether oxygens (including phenoxy) is 1. The van der Waals surface area contributed by atoms with Gasteiger partial charge in [0.15, 0.2) is 6.61 Å². The molecule has 0 heterocycles. The fraction of sp³-hybridized carbons (Fsp3) is 0.231. The number of hydrogen-bond donors (Lipinski definition) is 2. The Balaban J connectivity index is 1.58. The maximum absolute atomic E-state index is 13.1. The van der Waals surface area contributed by atoms with Crippen LogP contribution < -0.4 is 15.8 Å². The van der Waals surface area contributed by atoms with Crippen LogP contribution in [0.15, 0.2) is 78.9 Å². The number of fused-ring (bicyclic) bond motifs is 1. The molecule has 1 aliphatic carbocycles. The number of nitrogens with one attached hydrogen (secondary N) is 1. The standard InChI is InChI=1S/C26H26N2O3/c27-24(29)17-31-21-15-13-20(14-16-21)26(30)28-25(19-8-2-1-3-9-19)23-12-6-10-18-7-4-5-11-22(18)23/h1-5,7-9,11,13-16,23,25H,6,10,12,17H2,(H2,27,29)(H,28,30). The Morgan fingerprint density at radius 3 is 2.42 bits per heavy atom. The summed E-state index contributed by atoms with van der Waals surface area (Å²) in [7, 11) is 0. The average molecular weight is 415 g/mol. The lowest BCUT2D eigenvalue weighted by Gasteiger charge is -2.33. The normalized spacial score (nSPS) is 16.1. The van der Waals surface area contributed by atoms with E-state index < -0.39 is 5.91 Å². The molecule has 0 saturated heterocycles. The van der Waals surface area contributed by atoms with Gasteiger partial charge in [0.1, 0.15) is 5.75 Å². The van der Waals surface area contributed by atoms with E-state index in [0.717, 1.165) is 24.8 Å². The molecule has 3 aromatic rings. The summed E-state index contributed by atoms with van der Waals surface area (Å²) >= 11 is 0. The molecule has 3 aromatic carbocycles. The molecular formula is C26H26N2O3. The highest BCUT2D eigenvalue weighted by Gasteiger charge is 2.30. The van der Waals surface area contributed by atoms with E-state index in [1.165, 1.54) is 11.1 Å². The topological polar surface area (TPSA) is 81.4 Å². The number of nitrogens with two attached hydrogens (primary N) is 1. The SMILES string of the molecule is NC(=O)COc1ccc(C(=O)NC(c2ccccc2)C2CCCc3ccccc32)cc1. The second kappa shape index (κ2) is 9.47. The minimum absolute atomic E-state index is 0.124. The highest BCUT2D eigenvalue weighted by molar-refractivity contribution is 5.94. The minimum atomic E-state index is -0.541. The van der Waals surface area contributed by atoms with Crippen LogP contribution >= 0.6 is 0 Å². The molecular weight excluding hydrogens is 388 g/mol. The molecule has 0 aromatic heterocycles. The first-order valence-electron chi connectivity index (χ1n) is 10.6. The van der Waals surface area contributed by atoms with Crippen LogP contribution in [0.25, 0.3) is 0 Å². The molecule has 0 radical (unpaired) electrons. The maximum atomic E-state index is 13.1. The van der Waals surface area contributed by atoms with E-state index in [9.17, 15) is 9.59 Å². The molecule has 1 aliphatic rings. The fourth-order valence-electron chi connectivity index (χ4n) is 4.30. The molecule has 3 N–H and O–H groups in total. The van der Waals surface area contributed by atoms with Crippen molar-refractivity contribution in [1.29, 1.82) is 0 Å². The monoisotopic (exact) mass is 414 g/mol. The predicted molar refractivity (Wildman–Crippen MR) is 120 cm³/mol. The van der Waals surface area contributed by atoms with E-state index in [1.807, 2.05) is 18.2 Å². The van der Waals surface area contributed by atoms with Gasteiger partial charge < -0.3 is 15.8 Å². The van der Waals surface area contributed by atoms with E-state index in [0.29, 0.717) is 11.3 Å². The van der Waals surface area contributed by atoms with Crippen LogP contribution in [-0.4, -0.2) is 18.4 Å². The fourth-order valence-corrected chi connectivity index (χ4v) is 4.30. The van der Waals surface area contributed by atoms with E-state index >= 15 is 0 Å². The van der Waals surface area contributed by atoms with Gasteiger partial charge in [-0.15, -0.1) is 0 Å². The zero-order valence-electron chi connectivity index (χ0n) is 17.3. The van der Waals surface area contributed by atoms with Crippen molar-refractivity contribution < 1.29 is 14.3 Å². The van der Waals surface area contributed by atoms with Gasteiger partial charge in [-0.2, -0.15) is 0 Å². The molecule has 5 nitrogen and oxygen atoms in total. The van der Waals surface area contributed by atoms with E-state index in [2.05, 4.69) is 41.7 Å². The lowest BCUT2D eigenvalue weighted by atomic mass is 9.76. The molecule has 31 heavy (non-hydrogen) atoms. The first-order chi connectivity index (χ1) is 15.1. The number of benzene rings is 3. The largest absolute Gasteiger partial charge is 0.484 e. The number of primary amides is 1. The molecule has 2 amide bonds. The Morgan fingerprint density at radius 1 is 0.968 bits per heavy atom. The van der Waals surface area contributed by atoms with Gasteiger partial charge in [-0.1, -0.05) is 54.6 Å². The summed E-state index contributed by atoms with van der Waals surface area (Å²) < 4.78 is 5.28. The molecule has 0 spiro atoms. The van der Waals surface area contributed by atoms with Gasteiger partial charge in [-0.05, 0) is 60.2 Å². The van der Waals surface area contributed by atoms with Crippen LogP contribution in [0, 0.1) is 0 Å². The molecule has 158 valence electrons. The van der Waals surface area contributed by atoms with Gasteiger partial charge in [-0.3, -0.25) is 9.59 Å². The lowest BCUT2D eigenvalue weighted by Crippen LogP contribution is -2.34. The molecule has 0 aliphatic heterocycles. The third kappa shape index (κ3) is 4.94. The molecule has 5 heteroatoms. The minimum Gasteiger partial charge on any atom is -0.484 e. The predicted octanol–water partition coefficient (Wildman–Crippen LogP) is 4.14. The zero-order chi connectivity index (χ0) is 21.6. The van der Waals surface area contributed by atoms with Crippen molar-refractivity contribution in [3.8, 4) is 5.75 Å². The number of amides is 2. The molecule has 0 fully saturated rings. The Bertz CT molecular complexity index is 1050. The summed E-state index contributed by atoms with van der Waals surface area (Å²) in [4.78, 5) is 24.0. The smallest absolute Gasteiger partial charge is 0.255 e. The zero-order valence-corrected chi connectivity index (χ0v) is 17.3. The van der Waals surface area contributed by atoms with Crippen molar-refractivity contribution in [2.75, 3.05) is 6.61 Å².